The number of fused-ring (bicyclic) bond motifs is 1. The second-order valence-electron chi connectivity index (χ2n) is 9.76. The number of ether oxygens (including phenoxy) is 3. The first kappa shape index (κ1) is 21.8. The fourth-order valence-electron chi connectivity index (χ4n) is 6.24. The molecule has 0 spiro atoms. The molecule has 0 radical (unpaired) electrons. The van der Waals surface area contributed by atoms with Crippen LogP contribution >= 0.6 is 0 Å². The molecule has 1 saturated heterocycles. The molecule has 1 heterocycles. The number of rotatable bonds is 6. The highest BCUT2D eigenvalue weighted by molar-refractivity contribution is 5.66. The van der Waals surface area contributed by atoms with Gasteiger partial charge < -0.3 is 19.3 Å². The first-order chi connectivity index (χ1) is 13.2. The molecule has 2 fully saturated rings. The zero-order chi connectivity index (χ0) is 20.5. The first-order valence-corrected chi connectivity index (χ1v) is 10.9. The van der Waals surface area contributed by atoms with Crippen LogP contribution in [0.4, 0.5) is 0 Å². The van der Waals surface area contributed by atoms with Crippen LogP contribution in [0.1, 0.15) is 66.2 Å². The van der Waals surface area contributed by atoms with E-state index in [0.717, 1.165) is 45.1 Å². The summed E-state index contributed by atoms with van der Waals surface area (Å²) in [6.45, 7) is 9.45. The van der Waals surface area contributed by atoms with Crippen LogP contribution in [-0.2, 0) is 19.0 Å². The van der Waals surface area contributed by atoms with Crippen molar-refractivity contribution in [3.63, 3.8) is 0 Å². The average molecular weight is 395 g/mol. The summed E-state index contributed by atoms with van der Waals surface area (Å²) in [6, 6.07) is 0. The van der Waals surface area contributed by atoms with Gasteiger partial charge in [0.2, 0.25) is 0 Å². The predicted molar refractivity (Wildman–Crippen MR) is 108 cm³/mol. The molecule has 0 aromatic heterocycles. The molecule has 0 bridgehead atoms. The zero-order valence-electron chi connectivity index (χ0n) is 18.2. The Hall–Kier alpha value is -0.910. The molecule has 3 aliphatic rings. The average Bonchev–Trinajstić information content (AvgIpc) is 3.11. The van der Waals surface area contributed by atoms with Gasteiger partial charge >= 0.3 is 5.97 Å². The number of allylic oxidation sites excluding steroid dienone is 1. The van der Waals surface area contributed by atoms with Crippen molar-refractivity contribution in [2.75, 3.05) is 20.3 Å². The summed E-state index contributed by atoms with van der Waals surface area (Å²) in [5.41, 5.74) is 1.13. The van der Waals surface area contributed by atoms with Crippen LogP contribution in [-0.4, -0.2) is 43.8 Å². The molecule has 0 amide bonds. The van der Waals surface area contributed by atoms with Gasteiger partial charge in [0.1, 0.15) is 6.61 Å². The largest absolute Gasteiger partial charge is 0.461 e. The topological polar surface area (TPSA) is 65.0 Å². The van der Waals surface area contributed by atoms with E-state index in [4.69, 9.17) is 14.2 Å². The summed E-state index contributed by atoms with van der Waals surface area (Å²) in [5, 5.41) is 11.0. The fraction of sp³-hybridized carbons (Fsp3) is 0.870. The second-order valence-corrected chi connectivity index (χ2v) is 9.76. The maximum Gasteiger partial charge on any atom is 0.302 e. The molecule has 3 rings (SSSR count). The molecule has 7 atom stereocenters. The van der Waals surface area contributed by atoms with E-state index in [9.17, 15) is 9.90 Å². The van der Waals surface area contributed by atoms with E-state index in [0.29, 0.717) is 18.4 Å². The van der Waals surface area contributed by atoms with Crippen LogP contribution < -0.4 is 0 Å². The monoisotopic (exact) mass is 394 g/mol. The molecule has 5 heteroatoms. The lowest BCUT2D eigenvalue weighted by Gasteiger charge is -2.59. The highest BCUT2D eigenvalue weighted by atomic mass is 16.7. The van der Waals surface area contributed by atoms with E-state index >= 15 is 0 Å². The Morgan fingerprint density at radius 3 is 2.79 bits per heavy atom. The number of esters is 1. The molecule has 1 N–H and O–H groups in total. The van der Waals surface area contributed by atoms with Crippen molar-refractivity contribution in [3.05, 3.63) is 11.6 Å². The smallest absolute Gasteiger partial charge is 0.302 e. The van der Waals surface area contributed by atoms with Gasteiger partial charge in [0.15, 0.2) is 6.29 Å². The molecule has 1 aliphatic heterocycles. The Labute approximate surface area is 169 Å². The predicted octanol–water partition coefficient (Wildman–Crippen LogP) is 4.09. The van der Waals surface area contributed by atoms with Crippen LogP contribution in [0.25, 0.3) is 0 Å². The standard InChI is InChI=1S/C23H38O5/c1-15-19(25)12-23(4)18(14-27-16(2)24)7-6-8-20(23)22(15,3)10-9-17-11-21(26-5)28-13-17/h7,15,17,19-21,25H,6,8-14H2,1-5H3/t15-,17+,19-,20-,21-,22+,23+/m1/s1. The van der Waals surface area contributed by atoms with Gasteiger partial charge in [-0.1, -0.05) is 26.8 Å². The van der Waals surface area contributed by atoms with E-state index in [1.54, 1.807) is 7.11 Å². The summed E-state index contributed by atoms with van der Waals surface area (Å²) in [6.07, 6.45) is 7.89. The minimum atomic E-state index is -0.336. The number of hydrogen-bond donors (Lipinski definition) is 1. The Morgan fingerprint density at radius 1 is 1.39 bits per heavy atom. The molecule has 160 valence electrons. The number of methoxy groups -OCH3 is 1. The molecule has 0 aromatic carbocycles. The van der Waals surface area contributed by atoms with Gasteiger partial charge in [-0.15, -0.1) is 0 Å². The van der Waals surface area contributed by atoms with Gasteiger partial charge in [-0.3, -0.25) is 4.79 Å². The number of hydrogen-bond acceptors (Lipinski definition) is 5. The highest BCUT2D eigenvalue weighted by Gasteiger charge is 2.57. The molecular weight excluding hydrogens is 356 g/mol. The quantitative estimate of drug-likeness (QED) is 0.543. The maximum atomic E-state index is 11.4. The van der Waals surface area contributed by atoms with E-state index in [-0.39, 0.29) is 35.1 Å². The highest BCUT2D eigenvalue weighted by Crippen LogP contribution is 2.62. The van der Waals surface area contributed by atoms with Gasteiger partial charge in [-0.25, -0.2) is 0 Å². The Balaban J connectivity index is 1.78. The van der Waals surface area contributed by atoms with E-state index in [1.165, 1.54) is 12.5 Å². The first-order valence-electron chi connectivity index (χ1n) is 10.9. The van der Waals surface area contributed by atoms with Crippen LogP contribution in [0.2, 0.25) is 0 Å². The van der Waals surface area contributed by atoms with Gasteiger partial charge in [0.25, 0.3) is 0 Å². The molecule has 1 saturated carbocycles. The van der Waals surface area contributed by atoms with E-state index in [1.807, 2.05) is 0 Å². The van der Waals surface area contributed by atoms with Crippen LogP contribution in [0.5, 0.6) is 0 Å². The number of aliphatic hydroxyl groups is 1. The summed E-state index contributed by atoms with van der Waals surface area (Å²) in [5.74, 6) is 1.01. The zero-order valence-corrected chi connectivity index (χ0v) is 18.2. The van der Waals surface area contributed by atoms with Crippen molar-refractivity contribution in [1.82, 2.24) is 0 Å². The summed E-state index contributed by atoms with van der Waals surface area (Å²) in [4.78, 5) is 11.4. The van der Waals surface area contributed by atoms with Crippen molar-refractivity contribution in [1.29, 1.82) is 0 Å². The molecule has 28 heavy (non-hydrogen) atoms. The van der Waals surface area contributed by atoms with E-state index in [2.05, 4.69) is 26.8 Å². The summed E-state index contributed by atoms with van der Waals surface area (Å²) in [7, 11) is 1.71. The molecule has 2 aliphatic carbocycles. The maximum absolute atomic E-state index is 11.4. The van der Waals surface area contributed by atoms with Crippen molar-refractivity contribution >= 4 is 5.97 Å². The van der Waals surface area contributed by atoms with Crippen LogP contribution in [0.15, 0.2) is 11.6 Å². The van der Waals surface area contributed by atoms with Crippen LogP contribution in [0.3, 0.4) is 0 Å². The SMILES string of the molecule is CO[C@H]1C[C@H](CC[C@@]2(C)[C@H](C)[C@H](O)C[C@@]3(C)C(COC(C)=O)=CCC[C@H]23)CO1. The third kappa shape index (κ3) is 4.03. The molecule has 5 nitrogen and oxygen atoms in total. The molecule has 0 unspecified atom stereocenters. The third-order valence-electron chi connectivity index (χ3n) is 8.22. The minimum Gasteiger partial charge on any atom is -0.461 e. The lowest BCUT2D eigenvalue weighted by atomic mass is 9.46. The molecular formula is C23H38O5. The van der Waals surface area contributed by atoms with Gasteiger partial charge in [-0.05, 0) is 66.3 Å². The minimum absolute atomic E-state index is 0.0489. The number of carbonyl (C=O) groups is 1. The normalized spacial score (nSPS) is 43.4. The van der Waals surface area contributed by atoms with Crippen LogP contribution in [0, 0.1) is 28.6 Å². The lowest BCUT2D eigenvalue weighted by molar-refractivity contribution is -0.142. The van der Waals surface area contributed by atoms with Gasteiger partial charge in [0.05, 0.1) is 12.7 Å². The summed E-state index contributed by atoms with van der Waals surface area (Å²) < 4.78 is 16.4. The summed E-state index contributed by atoms with van der Waals surface area (Å²) >= 11 is 0. The Bertz CT molecular complexity index is 602. The van der Waals surface area contributed by atoms with E-state index < -0.39 is 0 Å². The Kier molecular flexibility index (Phi) is 6.58. The Morgan fingerprint density at radius 2 is 2.14 bits per heavy atom. The molecule has 0 aromatic rings. The van der Waals surface area contributed by atoms with Crippen molar-refractivity contribution in [2.24, 2.45) is 28.6 Å². The van der Waals surface area contributed by atoms with Crippen molar-refractivity contribution in [3.8, 4) is 0 Å². The number of aliphatic hydroxyl groups excluding tert-OH is 1. The number of carbonyl (C=O) groups excluding carboxylic acids is 1. The lowest BCUT2D eigenvalue weighted by Crippen LogP contribution is -2.55. The van der Waals surface area contributed by atoms with Crippen molar-refractivity contribution in [2.45, 2.75) is 78.6 Å². The third-order valence-corrected chi connectivity index (χ3v) is 8.22. The second kappa shape index (κ2) is 8.45. The van der Waals surface area contributed by atoms with Gasteiger partial charge in [0, 0.05) is 20.5 Å². The van der Waals surface area contributed by atoms with Gasteiger partial charge in [-0.2, -0.15) is 0 Å². The fourth-order valence-corrected chi connectivity index (χ4v) is 6.24. The van der Waals surface area contributed by atoms with Crippen molar-refractivity contribution < 1.29 is 24.1 Å².